The summed E-state index contributed by atoms with van der Waals surface area (Å²) in [6.45, 7) is 0. The van der Waals surface area contributed by atoms with Crippen molar-refractivity contribution in [3.63, 3.8) is 0 Å². The molecular weight excluding hydrogens is 232 g/mol. The van der Waals surface area contributed by atoms with E-state index in [0.29, 0.717) is 6.07 Å². The van der Waals surface area contributed by atoms with Gasteiger partial charge in [0.25, 0.3) is 0 Å². The van der Waals surface area contributed by atoms with Crippen LogP contribution in [-0.4, -0.2) is 22.7 Å². The lowest BCUT2D eigenvalue weighted by Crippen LogP contribution is -2.40. The molecule has 0 saturated carbocycles. The van der Waals surface area contributed by atoms with Gasteiger partial charge in [-0.05, 0) is 6.07 Å². The number of benzene rings is 1. The average Bonchev–Trinajstić information content (AvgIpc) is 2.20. The molecule has 0 saturated heterocycles. The Balaban J connectivity index is 3.34. The molecule has 9 heteroatoms. The summed E-state index contributed by atoms with van der Waals surface area (Å²) in [6, 6.07) is 2.52. The predicted octanol–water partition coefficient (Wildman–Crippen LogP) is 1.09. The van der Waals surface area contributed by atoms with E-state index in [9.17, 15) is 18.3 Å². The number of alkyl halides is 3. The van der Waals surface area contributed by atoms with E-state index >= 15 is 0 Å². The Hall–Kier alpha value is -1.29. The van der Waals surface area contributed by atoms with Gasteiger partial charge in [-0.2, -0.15) is 13.2 Å². The van der Waals surface area contributed by atoms with E-state index in [0.717, 1.165) is 12.1 Å². The van der Waals surface area contributed by atoms with Crippen molar-refractivity contribution in [2.24, 2.45) is 0 Å². The summed E-state index contributed by atoms with van der Waals surface area (Å²) in [5.74, 6) is -0.831. The largest absolute Gasteiger partial charge is 0.558 e. The summed E-state index contributed by atoms with van der Waals surface area (Å²) >= 11 is 0. The first-order chi connectivity index (χ1) is 7.41. The quantitative estimate of drug-likeness (QED) is 0.417. The standard InChI is InChI=1S/C7H6BF3O5/c9-7(10,11)4-2-1-3-5(12)6(4)8(15-13)16-14/h1-3,12-14H. The van der Waals surface area contributed by atoms with Crippen LogP contribution < -0.4 is 5.46 Å². The van der Waals surface area contributed by atoms with Gasteiger partial charge in [0.2, 0.25) is 0 Å². The van der Waals surface area contributed by atoms with Crippen LogP contribution in [0, 0.1) is 0 Å². The smallest absolute Gasteiger partial charge is 0.508 e. The molecule has 0 fully saturated rings. The third kappa shape index (κ3) is 2.45. The van der Waals surface area contributed by atoms with Gasteiger partial charge >= 0.3 is 13.3 Å². The number of rotatable bonds is 3. The fraction of sp³-hybridized carbons (Fsp3) is 0.143. The van der Waals surface area contributed by atoms with Crippen LogP contribution >= 0.6 is 0 Å². The molecule has 5 nitrogen and oxygen atoms in total. The van der Waals surface area contributed by atoms with Crippen LogP contribution in [0.4, 0.5) is 13.2 Å². The van der Waals surface area contributed by atoms with Crippen LogP contribution in [0.5, 0.6) is 5.75 Å². The van der Waals surface area contributed by atoms with E-state index in [2.05, 4.69) is 9.61 Å². The predicted molar refractivity (Wildman–Crippen MR) is 45.9 cm³/mol. The van der Waals surface area contributed by atoms with E-state index in [4.69, 9.17) is 10.5 Å². The minimum absolute atomic E-state index is 0.639. The normalized spacial score (nSPS) is 11.6. The summed E-state index contributed by atoms with van der Waals surface area (Å²) in [5.41, 5.74) is -2.21. The summed E-state index contributed by atoms with van der Waals surface area (Å²) in [6.07, 6.45) is -4.79. The first-order valence-electron chi connectivity index (χ1n) is 3.91. The number of hydrogen-bond donors (Lipinski definition) is 3. The van der Waals surface area contributed by atoms with Crippen LogP contribution in [0.3, 0.4) is 0 Å². The van der Waals surface area contributed by atoms with Gasteiger partial charge < -0.3 is 5.11 Å². The Kier molecular flexibility index (Phi) is 3.76. The lowest BCUT2D eigenvalue weighted by molar-refractivity contribution is -0.222. The van der Waals surface area contributed by atoms with Crippen molar-refractivity contribution in [2.45, 2.75) is 6.18 Å². The molecule has 0 aliphatic heterocycles. The first-order valence-corrected chi connectivity index (χ1v) is 3.91. The lowest BCUT2D eigenvalue weighted by Gasteiger charge is -2.15. The molecule has 0 atom stereocenters. The van der Waals surface area contributed by atoms with E-state index in [1.165, 1.54) is 0 Å². The summed E-state index contributed by atoms with van der Waals surface area (Å²) in [7, 11) is -2.14. The first kappa shape index (κ1) is 12.8. The molecule has 1 rings (SSSR count). The van der Waals surface area contributed by atoms with E-state index < -0.39 is 30.1 Å². The van der Waals surface area contributed by atoms with Gasteiger partial charge in [-0.15, -0.1) is 0 Å². The number of aromatic hydroxyl groups is 1. The maximum absolute atomic E-state index is 12.5. The van der Waals surface area contributed by atoms with Crippen LogP contribution in [-0.2, 0) is 15.8 Å². The zero-order valence-electron chi connectivity index (χ0n) is 7.60. The Labute approximate surface area is 87.7 Å². The van der Waals surface area contributed by atoms with Crippen LogP contribution in [0.25, 0.3) is 0 Å². The molecule has 0 spiro atoms. The molecular formula is C7H6BF3O5. The van der Waals surface area contributed by atoms with Gasteiger partial charge in [0.05, 0.1) is 5.56 Å². The molecule has 0 radical (unpaired) electrons. The van der Waals surface area contributed by atoms with Crippen LogP contribution in [0.2, 0.25) is 0 Å². The second kappa shape index (κ2) is 4.70. The second-order valence-electron chi connectivity index (χ2n) is 2.78. The summed E-state index contributed by atoms with van der Waals surface area (Å²) in [4.78, 5) is 6.94. The fourth-order valence-electron chi connectivity index (χ4n) is 1.17. The third-order valence-corrected chi connectivity index (χ3v) is 1.82. The lowest BCUT2D eigenvalue weighted by atomic mass is 9.75. The highest BCUT2D eigenvalue weighted by atomic mass is 19.4. The van der Waals surface area contributed by atoms with Gasteiger partial charge in [0, 0.05) is 5.46 Å². The highest BCUT2D eigenvalue weighted by Crippen LogP contribution is 2.30. The van der Waals surface area contributed by atoms with Crippen LogP contribution in [0.15, 0.2) is 18.2 Å². The van der Waals surface area contributed by atoms with Gasteiger partial charge in [-0.25, -0.2) is 0 Å². The van der Waals surface area contributed by atoms with Crippen molar-refractivity contribution in [2.75, 3.05) is 0 Å². The Morgan fingerprint density at radius 3 is 2.12 bits per heavy atom. The second-order valence-corrected chi connectivity index (χ2v) is 2.78. The number of halogens is 3. The van der Waals surface area contributed by atoms with Crippen molar-refractivity contribution >= 4 is 12.6 Å². The van der Waals surface area contributed by atoms with E-state index in [1.54, 1.807) is 0 Å². The molecule has 0 aliphatic rings. The van der Waals surface area contributed by atoms with Gasteiger partial charge in [0.1, 0.15) is 5.75 Å². The van der Waals surface area contributed by atoms with Gasteiger partial charge in [-0.3, -0.25) is 20.1 Å². The van der Waals surface area contributed by atoms with Gasteiger partial charge in [-0.1, -0.05) is 12.1 Å². The number of hydrogen-bond acceptors (Lipinski definition) is 5. The molecule has 16 heavy (non-hydrogen) atoms. The van der Waals surface area contributed by atoms with Crippen molar-refractivity contribution in [1.82, 2.24) is 0 Å². The molecule has 1 aromatic carbocycles. The van der Waals surface area contributed by atoms with E-state index in [-0.39, 0.29) is 0 Å². The Morgan fingerprint density at radius 1 is 1.12 bits per heavy atom. The molecule has 0 heterocycles. The molecule has 0 unspecified atom stereocenters. The Bertz CT molecular complexity index is 366. The SMILES string of the molecule is OOB(OO)c1c(O)cccc1C(F)(F)F. The molecule has 3 N–H and O–H groups in total. The fourth-order valence-corrected chi connectivity index (χ4v) is 1.17. The monoisotopic (exact) mass is 238 g/mol. The van der Waals surface area contributed by atoms with E-state index in [1.807, 2.05) is 0 Å². The zero-order chi connectivity index (χ0) is 12.3. The summed E-state index contributed by atoms with van der Waals surface area (Å²) < 4.78 is 37.4. The van der Waals surface area contributed by atoms with Crippen molar-refractivity contribution < 1.29 is 38.4 Å². The zero-order valence-corrected chi connectivity index (χ0v) is 7.60. The highest BCUT2D eigenvalue weighted by Gasteiger charge is 2.40. The molecule has 0 bridgehead atoms. The van der Waals surface area contributed by atoms with Crippen molar-refractivity contribution in [3.05, 3.63) is 23.8 Å². The molecule has 88 valence electrons. The maximum Gasteiger partial charge on any atom is 0.558 e. The average molecular weight is 238 g/mol. The Morgan fingerprint density at radius 2 is 1.69 bits per heavy atom. The topological polar surface area (TPSA) is 79.2 Å². The minimum Gasteiger partial charge on any atom is -0.508 e. The molecule has 0 aromatic heterocycles. The molecule has 1 aromatic rings. The maximum atomic E-state index is 12.5. The number of phenols is 1. The molecule has 0 aliphatic carbocycles. The molecule has 0 amide bonds. The number of phenolic OH excluding ortho intramolecular Hbond substituents is 1. The summed E-state index contributed by atoms with van der Waals surface area (Å²) in [5, 5.41) is 25.7. The van der Waals surface area contributed by atoms with Crippen molar-refractivity contribution in [1.29, 1.82) is 0 Å². The van der Waals surface area contributed by atoms with Gasteiger partial charge in [0.15, 0.2) is 0 Å². The van der Waals surface area contributed by atoms with Crippen molar-refractivity contribution in [3.8, 4) is 5.75 Å². The van der Waals surface area contributed by atoms with Crippen LogP contribution in [0.1, 0.15) is 5.56 Å². The minimum atomic E-state index is -4.79. The third-order valence-electron chi connectivity index (χ3n) is 1.82. The highest BCUT2D eigenvalue weighted by molar-refractivity contribution is 6.62.